The van der Waals surface area contributed by atoms with Gasteiger partial charge in [0, 0.05) is 35.8 Å². The van der Waals surface area contributed by atoms with Crippen LogP contribution in [-0.4, -0.2) is 28.5 Å². The Morgan fingerprint density at radius 3 is 2.82 bits per heavy atom. The van der Waals surface area contributed by atoms with Gasteiger partial charge in [-0.05, 0) is 41.3 Å². The summed E-state index contributed by atoms with van der Waals surface area (Å²) in [5, 5.41) is 9.58. The van der Waals surface area contributed by atoms with E-state index in [1.807, 2.05) is 53.9 Å². The zero-order chi connectivity index (χ0) is 22.8. The molecule has 166 valence electrons. The van der Waals surface area contributed by atoms with Gasteiger partial charge in [-0.15, -0.1) is 11.3 Å². The molecule has 1 saturated heterocycles. The summed E-state index contributed by atoms with van der Waals surface area (Å²) in [6.45, 7) is 0.710. The molecule has 9 heteroatoms. The van der Waals surface area contributed by atoms with E-state index in [1.165, 1.54) is 11.3 Å². The minimum absolute atomic E-state index is 0.0915. The fraction of sp³-hybridized carbons (Fsp3) is 0.167. The number of nitrogens with zero attached hydrogens (tertiary/aromatic N) is 3. The van der Waals surface area contributed by atoms with Crippen LogP contribution in [0.2, 0.25) is 5.02 Å². The van der Waals surface area contributed by atoms with E-state index >= 15 is 0 Å². The molecule has 1 N–H and O–H groups in total. The van der Waals surface area contributed by atoms with E-state index in [2.05, 4.69) is 15.5 Å². The van der Waals surface area contributed by atoms with Crippen LogP contribution in [0.1, 0.15) is 12.0 Å². The molecule has 7 nitrogen and oxygen atoms in total. The van der Waals surface area contributed by atoms with Gasteiger partial charge in [0.05, 0.1) is 10.8 Å². The molecule has 0 bridgehead atoms. The van der Waals surface area contributed by atoms with Crippen molar-refractivity contribution in [2.75, 3.05) is 11.4 Å². The Morgan fingerprint density at radius 2 is 2.03 bits per heavy atom. The van der Waals surface area contributed by atoms with E-state index in [9.17, 15) is 9.59 Å². The summed E-state index contributed by atoms with van der Waals surface area (Å²) in [6, 6.07) is 18.5. The predicted octanol–water partition coefficient (Wildman–Crippen LogP) is 4.79. The first-order chi connectivity index (χ1) is 16.1. The van der Waals surface area contributed by atoms with Gasteiger partial charge in [0.1, 0.15) is 0 Å². The van der Waals surface area contributed by atoms with Crippen LogP contribution in [0.3, 0.4) is 0 Å². The maximum absolute atomic E-state index is 12.7. The molecule has 4 aromatic rings. The van der Waals surface area contributed by atoms with Crippen molar-refractivity contribution in [2.24, 2.45) is 5.92 Å². The SMILES string of the molecule is O=C(NCc1ccc(Cl)cc1)C1CC(=O)N(c2cccc(-c3noc(-c4cccs4)n3)c2)C1. The maximum atomic E-state index is 12.7. The summed E-state index contributed by atoms with van der Waals surface area (Å²) < 4.78 is 5.38. The molecule has 1 unspecified atom stereocenters. The summed E-state index contributed by atoms with van der Waals surface area (Å²) in [5.41, 5.74) is 2.39. The number of hydrogen-bond donors (Lipinski definition) is 1. The van der Waals surface area contributed by atoms with Crippen LogP contribution in [-0.2, 0) is 16.1 Å². The molecule has 0 saturated carbocycles. The fourth-order valence-electron chi connectivity index (χ4n) is 3.72. The third-order valence-electron chi connectivity index (χ3n) is 5.45. The lowest BCUT2D eigenvalue weighted by molar-refractivity contribution is -0.126. The number of rotatable bonds is 6. The van der Waals surface area contributed by atoms with Gasteiger partial charge < -0.3 is 14.7 Å². The van der Waals surface area contributed by atoms with Gasteiger partial charge >= 0.3 is 0 Å². The maximum Gasteiger partial charge on any atom is 0.268 e. The number of hydrogen-bond acceptors (Lipinski definition) is 6. The molecule has 33 heavy (non-hydrogen) atoms. The molecule has 1 aliphatic rings. The van der Waals surface area contributed by atoms with Crippen LogP contribution in [0.25, 0.3) is 22.2 Å². The lowest BCUT2D eigenvalue weighted by Crippen LogP contribution is -2.32. The van der Waals surface area contributed by atoms with Gasteiger partial charge in [-0.1, -0.05) is 47.1 Å². The Kier molecular flexibility index (Phi) is 5.93. The van der Waals surface area contributed by atoms with Crippen molar-refractivity contribution < 1.29 is 14.1 Å². The lowest BCUT2D eigenvalue weighted by atomic mass is 10.1. The molecule has 5 rings (SSSR count). The third-order valence-corrected chi connectivity index (χ3v) is 6.56. The number of halogens is 1. The van der Waals surface area contributed by atoms with E-state index in [-0.39, 0.29) is 18.2 Å². The number of carbonyl (C=O) groups is 2. The van der Waals surface area contributed by atoms with Gasteiger partial charge in [0.25, 0.3) is 5.89 Å². The molecule has 3 heterocycles. The Labute approximate surface area is 199 Å². The molecule has 1 atom stereocenters. The number of nitrogens with one attached hydrogen (secondary N) is 1. The van der Waals surface area contributed by atoms with Crippen LogP contribution in [0, 0.1) is 5.92 Å². The largest absolute Gasteiger partial charge is 0.352 e. The first kappa shape index (κ1) is 21.4. The number of amides is 2. The predicted molar refractivity (Wildman–Crippen MR) is 127 cm³/mol. The van der Waals surface area contributed by atoms with Gasteiger partial charge in [-0.3, -0.25) is 9.59 Å². The molecular formula is C24H19ClN4O3S. The minimum atomic E-state index is -0.413. The lowest BCUT2D eigenvalue weighted by Gasteiger charge is -2.17. The Morgan fingerprint density at radius 1 is 1.18 bits per heavy atom. The topological polar surface area (TPSA) is 88.3 Å². The highest BCUT2D eigenvalue weighted by Gasteiger charge is 2.35. The van der Waals surface area contributed by atoms with Gasteiger partial charge in [-0.2, -0.15) is 4.98 Å². The number of aromatic nitrogens is 2. The summed E-state index contributed by atoms with van der Waals surface area (Å²) >= 11 is 7.42. The van der Waals surface area contributed by atoms with E-state index in [4.69, 9.17) is 16.1 Å². The van der Waals surface area contributed by atoms with Crippen molar-refractivity contribution in [3.63, 3.8) is 0 Å². The van der Waals surface area contributed by atoms with Crippen LogP contribution in [0.4, 0.5) is 5.69 Å². The van der Waals surface area contributed by atoms with E-state index in [0.717, 1.165) is 16.0 Å². The number of thiophene rings is 1. The van der Waals surface area contributed by atoms with E-state index in [1.54, 1.807) is 17.0 Å². The van der Waals surface area contributed by atoms with Crippen LogP contribution >= 0.6 is 22.9 Å². The molecule has 0 spiro atoms. The Bertz CT molecular complexity index is 1290. The van der Waals surface area contributed by atoms with Gasteiger partial charge in [-0.25, -0.2) is 0 Å². The first-order valence-electron chi connectivity index (χ1n) is 10.4. The average molecular weight is 479 g/mol. The second-order valence-corrected chi connectivity index (χ2v) is 9.08. The molecule has 0 radical (unpaired) electrons. The number of carbonyl (C=O) groups excluding carboxylic acids is 2. The standard InChI is InChI=1S/C24H19ClN4O3S/c25-18-8-6-15(7-9-18)13-26-23(31)17-12-21(30)29(14-17)19-4-1-3-16(11-19)22-27-24(32-28-22)20-5-2-10-33-20/h1-11,17H,12-14H2,(H,26,31). The summed E-state index contributed by atoms with van der Waals surface area (Å²) in [7, 11) is 0. The van der Waals surface area contributed by atoms with E-state index in [0.29, 0.717) is 35.5 Å². The van der Waals surface area contributed by atoms with Crippen molar-refractivity contribution in [3.05, 3.63) is 76.6 Å². The Hall–Kier alpha value is -3.49. The second kappa shape index (κ2) is 9.17. The van der Waals surface area contributed by atoms with Crippen molar-refractivity contribution in [1.29, 1.82) is 0 Å². The molecule has 2 amide bonds. The number of anilines is 1. The monoisotopic (exact) mass is 478 g/mol. The molecule has 2 aromatic heterocycles. The summed E-state index contributed by atoms with van der Waals surface area (Å²) in [5.74, 6) is 0.259. The highest BCUT2D eigenvalue weighted by atomic mass is 35.5. The van der Waals surface area contributed by atoms with Crippen LogP contribution < -0.4 is 10.2 Å². The van der Waals surface area contributed by atoms with Crippen molar-refractivity contribution in [1.82, 2.24) is 15.5 Å². The molecular weight excluding hydrogens is 460 g/mol. The molecule has 0 aliphatic carbocycles. The molecule has 1 fully saturated rings. The average Bonchev–Trinajstić information content (AvgIpc) is 3.59. The fourth-order valence-corrected chi connectivity index (χ4v) is 4.49. The zero-order valence-electron chi connectivity index (χ0n) is 17.4. The van der Waals surface area contributed by atoms with Crippen LogP contribution in [0.15, 0.2) is 70.6 Å². The summed E-state index contributed by atoms with van der Waals surface area (Å²) in [6.07, 6.45) is 0.168. The molecule has 2 aromatic carbocycles. The number of benzene rings is 2. The van der Waals surface area contributed by atoms with Gasteiger partial charge in [0.2, 0.25) is 17.6 Å². The third kappa shape index (κ3) is 4.67. The highest BCUT2D eigenvalue weighted by molar-refractivity contribution is 7.13. The second-order valence-electron chi connectivity index (χ2n) is 7.70. The minimum Gasteiger partial charge on any atom is -0.352 e. The quantitative estimate of drug-likeness (QED) is 0.430. The molecule has 1 aliphatic heterocycles. The van der Waals surface area contributed by atoms with Crippen molar-refractivity contribution in [2.45, 2.75) is 13.0 Å². The zero-order valence-corrected chi connectivity index (χ0v) is 19.0. The first-order valence-corrected chi connectivity index (χ1v) is 11.6. The van der Waals surface area contributed by atoms with Crippen molar-refractivity contribution in [3.8, 4) is 22.2 Å². The highest BCUT2D eigenvalue weighted by Crippen LogP contribution is 2.30. The Balaban J connectivity index is 1.26. The smallest absolute Gasteiger partial charge is 0.268 e. The summed E-state index contributed by atoms with van der Waals surface area (Å²) in [4.78, 5) is 32.4. The normalized spacial score (nSPS) is 15.7. The van der Waals surface area contributed by atoms with Gasteiger partial charge in [0.15, 0.2) is 0 Å². The van der Waals surface area contributed by atoms with Crippen molar-refractivity contribution >= 4 is 40.4 Å². The van der Waals surface area contributed by atoms with E-state index < -0.39 is 5.92 Å². The van der Waals surface area contributed by atoms with Crippen LogP contribution in [0.5, 0.6) is 0 Å².